The third-order valence-electron chi connectivity index (χ3n) is 6.50. The monoisotopic (exact) mass is 473 g/mol. The van der Waals surface area contributed by atoms with Crippen LogP contribution in [0, 0.1) is 13.8 Å². The van der Waals surface area contributed by atoms with E-state index in [0.29, 0.717) is 48.8 Å². The van der Waals surface area contributed by atoms with Crippen LogP contribution in [-0.2, 0) is 6.61 Å². The van der Waals surface area contributed by atoms with Gasteiger partial charge in [-0.1, -0.05) is 29.4 Å². The fourth-order valence-corrected chi connectivity index (χ4v) is 4.42. The van der Waals surface area contributed by atoms with Crippen molar-refractivity contribution >= 4 is 22.6 Å². The first-order valence-electron chi connectivity index (χ1n) is 11.7. The first-order chi connectivity index (χ1) is 17.0. The number of aryl methyl sites for hydroxylation is 2. The number of carbonyl (C=O) groups is 2. The van der Waals surface area contributed by atoms with Crippen molar-refractivity contribution in [1.82, 2.24) is 15.4 Å². The Morgan fingerprint density at radius 1 is 1.09 bits per heavy atom. The third kappa shape index (κ3) is 4.77. The van der Waals surface area contributed by atoms with Gasteiger partial charge in [0.2, 0.25) is 0 Å². The summed E-state index contributed by atoms with van der Waals surface area (Å²) in [5.74, 6) is 1.23. The van der Waals surface area contributed by atoms with E-state index in [1.54, 1.807) is 17.0 Å². The fourth-order valence-electron chi connectivity index (χ4n) is 4.42. The van der Waals surface area contributed by atoms with Gasteiger partial charge in [0.15, 0.2) is 5.76 Å². The zero-order valence-corrected chi connectivity index (χ0v) is 19.7. The van der Waals surface area contributed by atoms with Crippen molar-refractivity contribution in [2.24, 2.45) is 0 Å². The Morgan fingerprint density at radius 2 is 1.83 bits per heavy atom. The number of benzene rings is 2. The lowest BCUT2D eigenvalue weighted by molar-refractivity contribution is 0.0667. The van der Waals surface area contributed by atoms with E-state index >= 15 is 0 Å². The fraction of sp³-hybridized carbons (Fsp3) is 0.296. The maximum atomic E-state index is 13.4. The van der Waals surface area contributed by atoms with Gasteiger partial charge >= 0.3 is 0 Å². The Balaban J connectivity index is 1.30. The van der Waals surface area contributed by atoms with Crippen molar-refractivity contribution in [2.75, 3.05) is 13.1 Å². The van der Waals surface area contributed by atoms with Crippen molar-refractivity contribution < 1.29 is 23.3 Å². The molecule has 8 heteroatoms. The lowest BCUT2D eigenvalue weighted by Crippen LogP contribution is -2.46. The van der Waals surface area contributed by atoms with Gasteiger partial charge < -0.3 is 23.9 Å². The van der Waals surface area contributed by atoms with Crippen LogP contribution in [0.5, 0.6) is 5.75 Å². The number of fused-ring (bicyclic) bond motifs is 1. The minimum atomic E-state index is -0.194. The highest BCUT2D eigenvalue weighted by atomic mass is 16.5. The lowest BCUT2D eigenvalue weighted by Gasteiger charge is -2.32. The topological polar surface area (TPSA) is 97.8 Å². The minimum Gasteiger partial charge on any atom is -0.488 e. The van der Waals surface area contributed by atoms with Crippen LogP contribution in [0.4, 0.5) is 0 Å². The largest absolute Gasteiger partial charge is 0.488 e. The summed E-state index contributed by atoms with van der Waals surface area (Å²) in [4.78, 5) is 27.6. The van der Waals surface area contributed by atoms with E-state index in [-0.39, 0.29) is 24.5 Å². The number of carbonyl (C=O) groups excluding carboxylic acids is 2. The molecule has 1 aliphatic heterocycles. The van der Waals surface area contributed by atoms with Crippen LogP contribution >= 0.6 is 0 Å². The molecular formula is C27H27N3O5. The maximum Gasteiger partial charge on any atom is 0.289 e. The van der Waals surface area contributed by atoms with Crippen LogP contribution in [0.25, 0.3) is 10.8 Å². The molecule has 1 saturated heterocycles. The molecule has 0 bridgehead atoms. The SMILES string of the molecule is Cc1noc(C)c1COc1cc2ccccc2cc1C(=O)NC1CCN(C(=O)c2ccco2)CC1. The molecule has 8 nitrogen and oxygen atoms in total. The number of furan rings is 1. The van der Waals surface area contributed by atoms with Gasteiger partial charge in [0, 0.05) is 19.1 Å². The van der Waals surface area contributed by atoms with Crippen molar-refractivity contribution in [3.63, 3.8) is 0 Å². The Bertz CT molecular complexity index is 1330. The summed E-state index contributed by atoms with van der Waals surface area (Å²) in [7, 11) is 0. The number of piperidine rings is 1. The highest BCUT2D eigenvalue weighted by molar-refractivity contribution is 6.01. The summed E-state index contributed by atoms with van der Waals surface area (Å²) in [6, 6.07) is 15.0. The summed E-state index contributed by atoms with van der Waals surface area (Å²) >= 11 is 0. The number of likely N-dealkylation sites (tertiary alicyclic amines) is 1. The van der Waals surface area contributed by atoms with Crippen molar-refractivity contribution in [3.05, 3.63) is 83.1 Å². The van der Waals surface area contributed by atoms with Crippen LogP contribution in [0.15, 0.2) is 63.7 Å². The quantitative estimate of drug-likeness (QED) is 0.438. The average Bonchev–Trinajstić information content (AvgIpc) is 3.52. The predicted octanol–water partition coefficient (Wildman–Crippen LogP) is 4.65. The van der Waals surface area contributed by atoms with Gasteiger partial charge in [-0.25, -0.2) is 0 Å². The van der Waals surface area contributed by atoms with E-state index in [0.717, 1.165) is 22.0 Å². The van der Waals surface area contributed by atoms with E-state index in [1.807, 2.05) is 50.2 Å². The van der Waals surface area contributed by atoms with Gasteiger partial charge in [-0.05, 0) is 61.7 Å². The molecule has 5 rings (SSSR count). The molecule has 1 fully saturated rings. The van der Waals surface area contributed by atoms with E-state index < -0.39 is 0 Å². The molecule has 1 aliphatic rings. The van der Waals surface area contributed by atoms with Crippen molar-refractivity contribution in [2.45, 2.75) is 39.3 Å². The summed E-state index contributed by atoms with van der Waals surface area (Å²) in [6.45, 7) is 5.07. The Hall–Kier alpha value is -4.07. The van der Waals surface area contributed by atoms with E-state index in [1.165, 1.54) is 6.26 Å². The summed E-state index contributed by atoms with van der Waals surface area (Å²) in [5, 5.41) is 9.07. The van der Waals surface area contributed by atoms with Crippen LogP contribution in [0.3, 0.4) is 0 Å². The van der Waals surface area contributed by atoms with Crippen LogP contribution in [0.1, 0.15) is 50.8 Å². The molecule has 0 saturated carbocycles. The highest BCUT2D eigenvalue weighted by Gasteiger charge is 2.27. The number of amides is 2. The predicted molar refractivity (Wildman–Crippen MR) is 129 cm³/mol. The second-order valence-electron chi connectivity index (χ2n) is 8.80. The van der Waals surface area contributed by atoms with Gasteiger partial charge in [-0.15, -0.1) is 0 Å². The van der Waals surface area contributed by atoms with Crippen molar-refractivity contribution in [1.29, 1.82) is 0 Å². The zero-order chi connectivity index (χ0) is 24.4. The Morgan fingerprint density at radius 3 is 2.49 bits per heavy atom. The number of ether oxygens (including phenoxy) is 1. The molecule has 4 aromatic rings. The molecule has 2 aromatic heterocycles. The molecule has 0 radical (unpaired) electrons. The maximum absolute atomic E-state index is 13.4. The number of nitrogens with zero attached hydrogens (tertiary/aromatic N) is 2. The summed E-state index contributed by atoms with van der Waals surface area (Å²) in [5.41, 5.74) is 2.12. The average molecular weight is 474 g/mol. The first-order valence-corrected chi connectivity index (χ1v) is 11.7. The molecule has 180 valence electrons. The number of hydrogen-bond acceptors (Lipinski definition) is 6. The van der Waals surface area contributed by atoms with E-state index in [9.17, 15) is 9.59 Å². The molecule has 0 unspecified atom stereocenters. The molecule has 0 atom stereocenters. The van der Waals surface area contributed by atoms with Gasteiger partial charge in [-0.3, -0.25) is 9.59 Å². The second kappa shape index (κ2) is 9.66. The molecule has 3 heterocycles. The van der Waals surface area contributed by atoms with Crippen molar-refractivity contribution in [3.8, 4) is 5.75 Å². The van der Waals surface area contributed by atoms with Gasteiger partial charge in [-0.2, -0.15) is 0 Å². The molecule has 1 N–H and O–H groups in total. The highest BCUT2D eigenvalue weighted by Crippen LogP contribution is 2.28. The standard InChI is InChI=1S/C27H27N3O5/c1-17-23(18(2)35-29-17)16-34-25-15-20-7-4-3-6-19(20)14-22(25)26(31)28-21-9-11-30(12-10-21)27(32)24-8-5-13-33-24/h3-8,13-15,21H,9-12,16H2,1-2H3,(H,28,31). The third-order valence-corrected chi connectivity index (χ3v) is 6.50. The molecule has 2 amide bonds. The number of rotatable bonds is 6. The first kappa shape index (κ1) is 22.7. The van der Waals surface area contributed by atoms with Gasteiger partial charge in [0.05, 0.1) is 23.1 Å². The van der Waals surface area contributed by atoms with E-state index in [4.69, 9.17) is 13.7 Å². The summed E-state index contributed by atoms with van der Waals surface area (Å²) in [6.07, 6.45) is 2.83. The van der Waals surface area contributed by atoms with E-state index in [2.05, 4.69) is 10.5 Å². The number of nitrogens with one attached hydrogen (secondary N) is 1. The Kier molecular flexibility index (Phi) is 6.27. The van der Waals surface area contributed by atoms with Gasteiger partial charge in [0.1, 0.15) is 18.1 Å². The van der Waals surface area contributed by atoms with Gasteiger partial charge in [0.25, 0.3) is 11.8 Å². The normalized spacial score (nSPS) is 14.3. The molecule has 0 spiro atoms. The zero-order valence-electron chi connectivity index (χ0n) is 19.7. The molecule has 0 aliphatic carbocycles. The Labute approximate surface area is 202 Å². The lowest BCUT2D eigenvalue weighted by atomic mass is 10.0. The molecule has 35 heavy (non-hydrogen) atoms. The second-order valence-corrected chi connectivity index (χ2v) is 8.80. The van der Waals surface area contributed by atoms with Crippen LogP contribution in [-0.4, -0.2) is 41.0 Å². The number of aromatic nitrogens is 1. The molecular weight excluding hydrogens is 446 g/mol. The molecule has 2 aromatic carbocycles. The van der Waals surface area contributed by atoms with Crippen LogP contribution < -0.4 is 10.1 Å². The smallest absolute Gasteiger partial charge is 0.289 e. The van der Waals surface area contributed by atoms with Crippen LogP contribution in [0.2, 0.25) is 0 Å². The minimum absolute atomic E-state index is 0.0370. The summed E-state index contributed by atoms with van der Waals surface area (Å²) < 4.78 is 16.6. The number of hydrogen-bond donors (Lipinski definition) is 1.